The molecule has 0 amide bonds. The quantitative estimate of drug-likeness (QED) is 0.738. The molecule has 0 radical (unpaired) electrons. The summed E-state index contributed by atoms with van der Waals surface area (Å²) in [6, 6.07) is 0.0474. The molecule has 5 heteroatoms. The molecular formula is C10H19NO3S. The van der Waals surface area contributed by atoms with Crippen LogP contribution in [0, 0.1) is 11.8 Å². The van der Waals surface area contributed by atoms with Gasteiger partial charge in [0.15, 0.2) is 9.84 Å². The van der Waals surface area contributed by atoms with E-state index >= 15 is 0 Å². The van der Waals surface area contributed by atoms with Crippen LogP contribution in [0.4, 0.5) is 0 Å². The molecule has 2 saturated heterocycles. The van der Waals surface area contributed by atoms with Crippen LogP contribution in [0.1, 0.15) is 19.3 Å². The molecule has 2 aliphatic rings. The molecule has 4 nitrogen and oxygen atoms in total. The lowest BCUT2D eigenvalue weighted by molar-refractivity contribution is 0.0525. The molecule has 2 N–H and O–H groups in total. The van der Waals surface area contributed by atoms with E-state index < -0.39 is 9.84 Å². The third kappa shape index (κ3) is 2.71. The molecule has 2 aliphatic heterocycles. The van der Waals surface area contributed by atoms with Gasteiger partial charge in [-0.25, -0.2) is 8.42 Å². The number of ether oxygens (including phenoxy) is 1. The number of rotatable bonds is 2. The highest BCUT2D eigenvalue weighted by atomic mass is 32.2. The molecule has 2 unspecified atom stereocenters. The number of nitrogens with two attached hydrogens (primary N) is 1. The summed E-state index contributed by atoms with van der Waals surface area (Å²) >= 11 is 0. The van der Waals surface area contributed by atoms with Crippen LogP contribution in [0.3, 0.4) is 0 Å². The van der Waals surface area contributed by atoms with Crippen molar-refractivity contribution < 1.29 is 13.2 Å². The zero-order valence-electron chi connectivity index (χ0n) is 8.89. The highest BCUT2D eigenvalue weighted by Crippen LogP contribution is 2.28. The van der Waals surface area contributed by atoms with Gasteiger partial charge in [0.1, 0.15) is 0 Å². The summed E-state index contributed by atoms with van der Waals surface area (Å²) in [5.41, 5.74) is 6.15. The monoisotopic (exact) mass is 233 g/mol. The first-order chi connectivity index (χ1) is 7.08. The maximum atomic E-state index is 11.3. The highest BCUT2D eigenvalue weighted by molar-refractivity contribution is 7.91. The Labute approximate surface area is 91.1 Å². The zero-order chi connectivity index (χ0) is 10.9. The molecule has 0 saturated carbocycles. The van der Waals surface area contributed by atoms with Crippen molar-refractivity contribution in [1.82, 2.24) is 0 Å². The summed E-state index contributed by atoms with van der Waals surface area (Å²) in [6.07, 6.45) is 2.72. The predicted octanol–water partition coefficient (Wildman–Crippen LogP) is 0.175. The minimum atomic E-state index is -2.79. The molecule has 0 aromatic rings. The minimum absolute atomic E-state index is 0.0474. The lowest BCUT2D eigenvalue weighted by Crippen LogP contribution is -2.40. The van der Waals surface area contributed by atoms with E-state index in [0.29, 0.717) is 17.4 Å². The molecule has 2 rings (SSSR count). The Bertz CT molecular complexity index is 309. The number of hydrogen-bond donors (Lipinski definition) is 1. The SMILES string of the molecule is NC(C1CCOCC1)C1CCS(=O)(=O)C1. The Hall–Kier alpha value is -0.130. The molecule has 0 aromatic heterocycles. The average Bonchev–Trinajstić information content (AvgIpc) is 2.59. The Balaban J connectivity index is 1.93. The van der Waals surface area contributed by atoms with Crippen LogP contribution < -0.4 is 5.73 Å². The van der Waals surface area contributed by atoms with Crippen LogP contribution in [0.15, 0.2) is 0 Å². The average molecular weight is 233 g/mol. The lowest BCUT2D eigenvalue weighted by Gasteiger charge is -2.30. The lowest BCUT2D eigenvalue weighted by atomic mass is 9.84. The Morgan fingerprint density at radius 3 is 2.33 bits per heavy atom. The topological polar surface area (TPSA) is 69.4 Å². The second-order valence-corrected chi connectivity index (χ2v) is 6.92. The van der Waals surface area contributed by atoms with Gasteiger partial charge in [0.05, 0.1) is 11.5 Å². The Kier molecular flexibility index (Phi) is 3.33. The van der Waals surface area contributed by atoms with Crippen molar-refractivity contribution in [2.24, 2.45) is 17.6 Å². The predicted molar refractivity (Wildman–Crippen MR) is 58.3 cm³/mol. The fraction of sp³-hybridized carbons (Fsp3) is 1.00. The van der Waals surface area contributed by atoms with E-state index in [0.717, 1.165) is 32.5 Å². The maximum Gasteiger partial charge on any atom is 0.150 e. The van der Waals surface area contributed by atoms with Crippen molar-refractivity contribution in [1.29, 1.82) is 0 Å². The summed E-state index contributed by atoms with van der Waals surface area (Å²) in [5.74, 6) is 1.26. The van der Waals surface area contributed by atoms with Crippen molar-refractivity contribution in [2.75, 3.05) is 24.7 Å². The van der Waals surface area contributed by atoms with Crippen LogP contribution >= 0.6 is 0 Å². The second-order valence-electron chi connectivity index (χ2n) is 4.69. The van der Waals surface area contributed by atoms with Gasteiger partial charge in [0.25, 0.3) is 0 Å². The van der Waals surface area contributed by atoms with Crippen LogP contribution in [-0.2, 0) is 14.6 Å². The smallest absolute Gasteiger partial charge is 0.150 e. The molecule has 0 spiro atoms. The molecule has 0 aliphatic carbocycles. The normalized spacial score (nSPS) is 34.1. The standard InChI is InChI=1S/C10H19NO3S/c11-10(8-1-4-14-5-2-8)9-3-6-15(12,13)7-9/h8-10H,1-7,11H2. The van der Waals surface area contributed by atoms with E-state index in [1.807, 2.05) is 0 Å². The zero-order valence-corrected chi connectivity index (χ0v) is 9.71. The van der Waals surface area contributed by atoms with E-state index in [-0.39, 0.29) is 12.0 Å². The Morgan fingerprint density at radius 1 is 1.13 bits per heavy atom. The van der Waals surface area contributed by atoms with Gasteiger partial charge in [0, 0.05) is 19.3 Å². The summed E-state index contributed by atoms with van der Waals surface area (Å²) in [7, 11) is -2.79. The molecular weight excluding hydrogens is 214 g/mol. The van der Waals surface area contributed by atoms with Crippen LogP contribution in [0.25, 0.3) is 0 Å². The number of hydrogen-bond acceptors (Lipinski definition) is 4. The first-order valence-corrected chi connectivity index (χ1v) is 7.44. The van der Waals surface area contributed by atoms with Gasteiger partial charge in [-0.05, 0) is 31.1 Å². The minimum Gasteiger partial charge on any atom is -0.381 e. The van der Waals surface area contributed by atoms with Gasteiger partial charge in [0.2, 0.25) is 0 Å². The first-order valence-electron chi connectivity index (χ1n) is 5.62. The van der Waals surface area contributed by atoms with Gasteiger partial charge in [-0.1, -0.05) is 0 Å². The van der Waals surface area contributed by atoms with E-state index in [4.69, 9.17) is 10.5 Å². The third-order valence-corrected chi connectivity index (χ3v) is 5.42. The van der Waals surface area contributed by atoms with Gasteiger partial charge >= 0.3 is 0 Å². The fourth-order valence-electron chi connectivity index (χ4n) is 2.61. The molecule has 0 bridgehead atoms. The van der Waals surface area contributed by atoms with E-state index in [1.54, 1.807) is 0 Å². The fourth-order valence-corrected chi connectivity index (χ4v) is 4.48. The van der Waals surface area contributed by atoms with Gasteiger partial charge in [-0.15, -0.1) is 0 Å². The van der Waals surface area contributed by atoms with Crippen molar-refractivity contribution in [3.63, 3.8) is 0 Å². The van der Waals surface area contributed by atoms with E-state index in [1.165, 1.54) is 0 Å². The van der Waals surface area contributed by atoms with Crippen LogP contribution in [0.2, 0.25) is 0 Å². The van der Waals surface area contributed by atoms with Gasteiger partial charge in [-0.2, -0.15) is 0 Å². The molecule has 0 aromatic carbocycles. The summed E-state index contributed by atoms with van der Waals surface area (Å²) in [6.45, 7) is 1.55. The second kappa shape index (κ2) is 4.39. The summed E-state index contributed by atoms with van der Waals surface area (Å²) in [5, 5.41) is 0. The molecule has 88 valence electrons. The summed E-state index contributed by atoms with van der Waals surface area (Å²) < 4.78 is 28.0. The maximum absolute atomic E-state index is 11.3. The number of sulfone groups is 1. The van der Waals surface area contributed by atoms with Gasteiger partial charge < -0.3 is 10.5 Å². The molecule has 15 heavy (non-hydrogen) atoms. The van der Waals surface area contributed by atoms with Crippen molar-refractivity contribution in [3.8, 4) is 0 Å². The molecule has 2 atom stereocenters. The molecule has 2 fully saturated rings. The first kappa shape index (κ1) is 11.4. The van der Waals surface area contributed by atoms with Crippen LogP contribution in [0.5, 0.6) is 0 Å². The largest absolute Gasteiger partial charge is 0.381 e. The highest BCUT2D eigenvalue weighted by Gasteiger charge is 2.35. The Morgan fingerprint density at radius 2 is 1.80 bits per heavy atom. The molecule has 2 heterocycles. The third-order valence-electron chi connectivity index (χ3n) is 3.62. The van der Waals surface area contributed by atoms with Crippen LogP contribution in [-0.4, -0.2) is 39.2 Å². The van der Waals surface area contributed by atoms with Crippen molar-refractivity contribution in [3.05, 3.63) is 0 Å². The van der Waals surface area contributed by atoms with Crippen molar-refractivity contribution in [2.45, 2.75) is 25.3 Å². The van der Waals surface area contributed by atoms with Gasteiger partial charge in [-0.3, -0.25) is 0 Å². The summed E-state index contributed by atoms with van der Waals surface area (Å²) in [4.78, 5) is 0. The van der Waals surface area contributed by atoms with E-state index in [9.17, 15) is 8.42 Å². The van der Waals surface area contributed by atoms with Crippen molar-refractivity contribution >= 4 is 9.84 Å². The van der Waals surface area contributed by atoms with E-state index in [2.05, 4.69) is 0 Å².